The number of likely N-dealkylation sites (tertiary alicyclic amines) is 2. The summed E-state index contributed by atoms with van der Waals surface area (Å²) in [6.07, 6.45) is 19.8. The molecule has 0 amide bonds. The molecule has 6 rings (SSSR count). The summed E-state index contributed by atoms with van der Waals surface area (Å²) in [6, 6.07) is 9.27. The van der Waals surface area contributed by atoms with E-state index in [-0.39, 0.29) is 0 Å². The lowest BCUT2D eigenvalue weighted by Gasteiger charge is -2.51. The highest BCUT2D eigenvalue weighted by Crippen LogP contribution is 2.49. The predicted molar refractivity (Wildman–Crippen MR) is 158 cm³/mol. The van der Waals surface area contributed by atoms with Crippen molar-refractivity contribution >= 4 is 22.7 Å². The lowest BCUT2D eigenvalue weighted by atomic mass is 9.71. The fraction of sp³-hybridized carbons (Fsp3) is 0.750. The maximum atomic E-state index is 2.84. The van der Waals surface area contributed by atoms with Crippen LogP contribution in [0.4, 0.5) is 0 Å². The molecule has 2 aliphatic carbocycles. The van der Waals surface area contributed by atoms with Crippen LogP contribution in [0.5, 0.6) is 0 Å². The zero-order valence-electron chi connectivity index (χ0n) is 23.1. The minimum atomic E-state index is 0.382. The summed E-state index contributed by atoms with van der Waals surface area (Å²) in [5.74, 6) is 1.64. The Kier molecular flexibility index (Phi) is 9.31. The standard InChI is InChI=1S/2C16H25NS/c2*1-14-8-3-4-10-16(14,15-9-7-13-18-15)17-11-5-2-6-12-17/h2*7,9,13-14H,2-6,8,10-12H2,1H3/t2*14-,16+/m10/s1. The Balaban J connectivity index is 0.000000148. The van der Waals surface area contributed by atoms with E-state index in [0.29, 0.717) is 11.1 Å². The molecule has 4 heterocycles. The van der Waals surface area contributed by atoms with Crippen molar-refractivity contribution in [3.63, 3.8) is 0 Å². The summed E-state index contributed by atoms with van der Waals surface area (Å²) >= 11 is 3.97. The maximum Gasteiger partial charge on any atom is 0.0579 e. The van der Waals surface area contributed by atoms with E-state index in [2.05, 4.69) is 58.7 Å². The van der Waals surface area contributed by atoms with E-state index in [1.54, 1.807) is 9.75 Å². The zero-order chi connectivity index (χ0) is 24.8. The van der Waals surface area contributed by atoms with Crippen molar-refractivity contribution in [2.45, 2.75) is 115 Å². The third-order valence-electron chi connectivity index (χ3n) is 10.3. The molecule has 2 aliphatic heterocycles. The fourth-order valence-corrected chi connectivity index (χ4v) is 10.5. The molecule has 4 heteroatoms. The summed E-state index contributed by atoms with van der Waals surface area (Å²) in [5, 5.41) is 4.53. The fourth-order valence-electron chi connectivity index (χ4n) is 8.28. The van der Waals surface area contributed by atoms with Crippen LogP contribution in [0.3, 0.4) is 0 Å². The number of hydrogen-bond acceptors (Lipinski definition) is 4. The van der Waals surface area contributed by atoms with Gasteiger partial charge in [-0.15, -0.1) is 22.7 Å². The maximum absolute atomic E-state index is 2.84. The number of rotatable bonds is 4. The van der Waals surface area contributed by atoms with E-state index in [9.17, 15) is 0 Å². The van der Waals surface area contributed by atoms with Crippen molar-refractivity contribution in [2.75, 3.05) is 26.2 Å². The van der Waals surface area contributed by atoms with E-state index in [1.165, 1.54) is 116 Å². The summed E-state index contributed by atoms with van der Waals surface area (Å²) in [5.41, 5.74) is 0.764. The van der Waals surface area contributed by atoms with Gasteiger partial charge in [-0.2, -0.15) is 0 Å². The Bertz CT molecular complexity index is 807. The number of piperidine rings is 2. The van der Waals surface area contributed by atoms with E-state index in [1.807, 2.05) is 22.7 Å². The minimum absolute atomic E-state index is 0.382. The highest BCUT2D eigenvalue weighted by molar-refractivity contribution is 7.10. The summed E-state index contributed by atoms with van der Waals surface area (Å²) < 4.78 is 0. The summed E-state index contributed by atoms with van der Waals surface area (Å²) in [6.45, 7) is 10.3. The van der Waals surface area contributed by atoms with Gasteiger partial charge in [0.15, 0.2) is 0 Å². The highest BCUT2D eigenvalue weighted by Gasteiger charge is 2.46. The van der Waals surface area contributed by atoms with E-state index >= 15 is 0 Å². The minimum Gasteiger partial charge on any atom is -0.293 e. The van der Waals surface area contributed by atoms with Crippen LogP contribution < -0.4 is 0 Å². The SMILES string of the molecule is C[C@@H]1CCCC[C@]1(c1cccs1)N1CCCCC1.C[C@H]1CCCC[C@@]1(c1cccs1)N1CCCCC1. The van der Waals surface area contributed by atoms with E-state index in [0.717, 1.165) is 11.8 Å². The highest BCUT2D eigenvalue weighted by atomic mass is 32.1. The first-order valence-electron chi connectivity index (χ1n) is 15.3. The molecule has 0 radical (unpaired) electrons. The van der Waals surface area contributed by atoms with Crippen LogP contribution in [-0.4, -0.2) is 36.0 Å². The molecule has 4 atom stereocenters. The van der Waals surface area contributed by atoms with Crippen molar-refractivity contribution in [1.29, 1.82) is 0 Å². The van der Waals surface area contributed by atoms with Crippen LogP contribution in [-0.2, 0) is 11.1 Å². The van der Waals surface area contributed by atoms with Crippen LogP contribution in [0.25, 0.3) is 0 Å². The second-order valence-electron chi connectivity index (χ2n) is 12.2. The zero-order valence-corrected chi connectivity index (χ0v) is 24.7. The lowest BCUT2D eigenvalue weighted by Crippen LogP contribution is -2.53. The average molecular weight is 527 g/mol. The van der Waals surface area contributed by atoms with Gasteiger partial charge in [-0.05, 0) is 112 Å². The summed E-state index contributed by atoms with van der Waals surface area (Å²) in [4.78, 5) is 8.95. The molecule has 0 unspecified atom stereocenters. The first-order valence-corrected chi connectivity index (χ1v) is 17.0. The molecule has 0 aromatic carbocycles. The molecule has 36 heavy (non-hydrogen) atoms. The van der Waals surface area contributed by atoms with Crippen LogP contribution in [0.2, 0.25) is 0 Å². The Morgan fingerprint density at radius 2 is 1.00 bits per heavy atom. The van der Waals surface area contributed by atoms with Gasteiger partial charge in [0, 0.05) is 9.75 Å². The van der Waals surface area contributed by atoms with Gasteiger partial charge in [0.25, 0.3) is 0 Å². The van der Waals surface area contributed by atoms with Crippen LogP contribution in [0.15, 0.2) is 35.0 Å². The van der Waals surface area contributed by atoms with Crippen LogP contribution in [0, 0.1) is 11.8 Å². The molecule has 200 valence electrons. The molecule has 2 nitrogen and oxygen atoms in total. The largest absolute Gasteiger partial charge is 0.293 e. The van der Waals surface area contributed by atoms with Gasteiger partial charge in [0.05, 0.1) is 11.1 Å². The summed E-state index contributed by atoms with van der Waals surface area (Å²) in [7, 11) is 0. The van der Waals surface area contributed by atoms with Crippen molar-refractivity contribution in [1.82, 2.24) is 9.80 Å². The molecule has 0 N–H and O–H groups in total. The third kappa shape index (κ3) is 5.26. The van der Waals surface area contributed by atoms with Gasteiger partial charge in [-0.3, -0.25) is 9.80 Å². The second-order valence-corrected chi connectivity index (χ2v) is 14.1. The molecule has 2 saturated heterocycles. The van der Waals surface area contributed by atoms with Gasteiger partial charge in [0.2, 0.25) is 0 Å². The smallest absolute Gasteiger partial charge is 0.0579 e. The van der Waals surface area contributed by atoms with Gasteiger partial charge in [-0.25, -0.2) is 0 Å². The Morgan fingerprint density at radius 3 is 1.33 bits per heavy atom. The number of thiophene rings is 2. The third-order valence-corrected chi connectivity index (χ3v) is 12.3. The topological polar surface area (TPSA) is 6.48 Å². The Morgan fingerprint density at radius 1 is 0.583 bits per heavy atom. The molecule has 4 aliphatic rings. The van der Waals surface area contributed by atoms with E-state index in [4.69, 9.17) is 0 Å². The van der Waals surface area contributed by atoms with Crippen LogP contribution in [0.1, 0.15) is 113 Å². The quantitative estimate of drug-likeness (QED) is 0.392. The van der Waals surface area contributed by atoms with Gasteiger partial charge >= 0.3 is 0 Å². The lowest BCUT2D eigenvalue weighted by molar-refractivity contribution is -0.00817. The van der Waals surface area contributed by atoms with Gasteiger partial charge in [0.1, 0.15) is 0 Å². The molecule has 2 aromatic heterocycles. The first-order chi connectivity index (χ1) is 17.7. The monoisotopic (exact) mass is 526 g/mol. The normalized spacial score (nSPS) is 34.6. The Labute approximate surface area is 229 Å². The molecular weight excluding hydrogens is 477 g/mol. The molecule has 2 aromatic rings. The second kappa shape index (κ2) is 12.5. The first kappa shape index (κ1) is 26.9. The van der Waals surface area contributed by atoms with Crippen molar-refractivity contribution in [2.24, 2.45) is 11.8 Å². The number of nitrogens with zero attached hydrogens (tertiary/aromatic N) is 2. The van der Waals surface area contributed by atoms with Crippen molar-refractivity contribution in [3.8, 4) is 0 Å². The molecular formula is C32H50N2S2. The van der Waals surface area contributed by atoms with E-state index < -0.39 is 0 Å². The number of hydrogen-bond donors (Lipinski definition) is 0. The predicted octanol–water partition coefficient (Wildman–Crippen LogP) is 9.28. The van der Waals surface area contributed by atoms with Crippen molar-refractivity contribution < 1.29 is 0 Å². The average Bonchev–Trinajstić information content (AvgIpc) is 3.67. The van der Waals surface area contributed by atoms with Gasteiger partial charge < -0.3 is 0 Å². The molecule has 0 spiro atoms. The van der Waals surface area contributed by atoms with Crippen molar-refractivity contribution in [3.05, 3.63) is 44.8 Å². The molecule has 0 bridgehead atoms. The molecule has 4 fully saturated rings. The Hall–Kier alpha value is -0.680. The molecule has 2 saturated carbocycles. The van der Waals surface area contributed by atoms with Crippen LogP contribution >= 0.6 is 22.7 Å². The van der Waals surface area contributed by atoms with Gasteiger partial charge in [-0.1, -0.05) is 64.5 Å².